The number of isocyanates is 2. The van der Waals surface area contributed by atoms with Gasteiger partial charge in [-0.1, -0.05) is 23.7 Å². The summed E-state index contributed by atoms with van der Waals surface area (Å²) in [7, 11) is 0. The monoisotopic (exact) mass is 236 g/mol. The third kappa shape index (κ3) is 2.88. The van der Waals surface area contributed by atoms with Crippen molar-refractivity contribution in [3.05, 3.63) is 33.8 Å². The van der Waals surface area contributed by atoms with Crippen LogP contribution in [0.25, 0.3) is 0 Å². The molecule has 0 unspecified atom stereocenters. The zero-order valence-electron chi connectivity index (χ0n) is 8.66. The van der Waals surface area contributed by atoms with E-state index in [0.29, 0.717) is 10.6 Å². The molecule has 82 valence electrons. The van der Waals surface area contributed by atoms with Crippen LogP contribution >= 0.6 is 11.6 Å². The van der Waals surface area contributed by atoms with Gasteiger partial charge < -0.3 is 0 Å². The van der Waals surface area contributed by atoms with Gasteiger partial charge in [-0.2, -0.15) is 0 Å². The number of aryl methyl sites for hydroxylation is 1. The molecule has 0 bridgehead atoms. The maximum Gasteiger partial charge on any atom is 0.235 e. The Balaban J connectivity index is 3.14. The summed E-state index contributed by atoms with van der Waals surface area (Å²) in [5, 5.41) is 0.484. The molecule has 0 spiro atoms. The maximum absolute atomic E-state index is 10.1. The van der Waals surface area contributed by atoms with Crippen molar-refractivity contribution in [1.82, 2.24) is 0 Å². The lowest BCUT2D eigenvalue weighted by molar-refractivity contribution is 0.562. The van der Waals surface area contributed by atoms with Crippen molar-refractivity contribution in [2.45, 2.75) is 20.0 Å². The highest BCUT2D eigenvalue weighted by molar-refractivity contribution is 6.32. The topological polar surface area (TPSA) is 58.9 Å². The molecule has 0 atom stereocenters. The van der Waals surface area contributed by atoms with Crippen LogP contribution in [0.15, 0.2) is 22.1 Å². The van der Waals surface area contributed by atoms with E-state index in [1.807, 2.05) is 13.0 Å². The fourth-order valence-electron chi connectivity index (χ4n) is 1.31. The Morgan fingerprint density at radius 3 is 2.44 bits per heavy atom. The van der Waals surface area contributed by atoms with E-state index in [2.05, 4.69) is 9.98 Å². The van der Waals surface area contributed by atoms with Gasteiger partial charge in [0.05, 0.1) is 18.1 Å². The van der Waals surface area contributed by atoms with Crippen LogP contribution in [-0.2, 0) is 22.7 Å². The molecule has 0 N–H and O–H groups in total. The van der Waals surface area contributed by atoms with Crippen molar-refractivity contribution in [3.8, 4) is 0 Å². The number of nitrogens with zero attached hydrogens (tertiary/aromatic N) is 2. The molecule has 16 heavy (non-hydrogen) atoms. The third-order valence-corrected chi connectivity index (χ3v) is 2.64. The molecule has 0 saturated heterocycles. The summed E-state index contributed by atoms with van der Waals surface area (Å²) in [6.07, 6.45) is 2.92. The Labute approximate surface area is 97.7 Å². The molecule has 5 heteroatoms. The smallest absolute Gasteiger partial charge is 0.211 e. The largest absolute Gasteiger partial charge is 0.235 e. The Morgan fingerprint density at radius 1 is 1.19 bits per heavy atom. The minimum Gasteiger partial charge on any atom is -0.211 e. The van der Waals surface area contributed by atoms with Crippen LogP contribution in [0.2, 0.25) is 5.02 Å². The van der Waals surface area contributed by atoms with Gasteiger partial charge in [0.25, 0.3) is 0 Å². The standard InChI is InChI=1S/C11H9ClN2O2/c1-8-2-3-9(4-13-6-15)11(12)10(8)5-14-7-16/h2-3H,4-5H2,1H3. The molecule has 0 aromatic heterocycles. The van der Waals surface area contributed by atoms with E-state index in [9.17, 15) is 9.59 Å². The van der Waals surface area contributed by atoms with E-state index in [4.69, 9.17) is 11.6 Å². The fourth-order valence-corrected chi connectivity index (χ4v) is 1.64. The van der Waals surface area contributed by atoms with Gasteiger partial charge in [-0.25, -0.2) is 19.6 Å². The number of aliphatic imine (C=N–C) groups is 2. The van der Waals surface area contributed by atoms with Crippen molar-refractivity contribution < 1.29 is 9.59 Å². The second-order valence-electron chi connectivity index (χ2n) is 3.15. The molecular formula is C11H9ClN2O2. The Hall–Kier alpha value is -1.73. The van der Waals surface area contributed by atoms with Crippen molar-refractivity contribution >= 4 is 23.8 Å². The van der Waals surface area contributed by atoms with E-state index in [1.165, 1.54) is 12.2 Å². The lowest BCUT2D eigenvalue weighted by Gasteiger charge is -2.08. The van der Waals surface area contributed by atoms with Crippen LogP contribution in [0.4, 0.5) is 0 Å². The number of carbonyl (C=O) groups excluding carboxylic acids is 2. The SMILES string of the molecule is Cc1ccc(CN=C=O)c(Cl)c1CN=C=O. The van der Waals surface area contributed by atoms with Gasteiger partial charge in [0, 0.05) is 0 Å². The molecule has 0 aliphatic heterocycles. The molecule has 0 fully saturated rings. The van der Waals surface area contributed by atoms with Crippen LogP contribution in [0.1, 0.15) is 16.7 Å². The van der Waals surface area contributed by atoms with Gasteiger partial charge >= 0.3 is 0 Å². The van der Waals surface area contributed by atoms with Gasteiger partial charge in [-0.15, -0.1) is 0 Å². The molecule has 0 amide bonds. The molecular weight excluding hydrogens is 228 g/mol. The summed E-state index contributed by atoms with van der Waals surface area (Å²) in [6, 6.07) is 3.63. The first-order chi connectivity index (χ1) is 7.70. The summed E-state index contributed by atoms with van der Waals surface area (Å²) < 4.78 is 0. The van der Waals surface area contributed by atoms with E-state index >= 15 is 0 Å². The van der Waals surface area contributed by atoms with E-state index in [-0.39, 0.29) is 13.1 Å². The van der Waals surface area contributed by atoms with Crippen molar-refractivity contribution in [2.24, 2.45) is 9.98 Å². The van der Waals surface area contributed by atoms with Crippen molar-refractivity contribution in [2.75, 3.05) is 0 Å². The highest BCUT2D eigenvalue weighted by Gasteiger charge is 2.08. The number of halogens is 1. The first-order valence-corrected chi connectivity index (χ1v) is 4.92. The average molecular weight is 237 g/mol. The first kappa shape index (κ1) is 12.3. The Kier molecular flexibility index (Phi) is 4.62. The minimum atomic E-state index is 0.181. The Bertz CT molecular complexity index is 487. The summed E-state index contributed by atoms with van der Waals surface area (Å²) >= 11 is 6.11. The van der Waals surface area contributed by atoms with Gasteiger partial charge in [0.1, 0.15) is 0 Å². The molecule has 1 aromatic rings. The maximum atomic E-state index is 10.1. The third-order valence-electron chi connectivity index (χ3n) is 2.17. The van der Waals surface area contributed by atoms with E-state index in [1.54, 1.807) is 6.07 Å². The van der Waals surface area contributed by atoms with Crippen LogP contribution in [-0.4, -0.2) is 12.2 Å². The van der Waals surface area contributed by atoms with Gasteiger partial charge in [0.15, 0.2) is 0 Å². The highest BCUT2D eigenvalue weighted by atomic mass is 35.5. The quantitative estimate of drug-likeness (QED) is 0.595. The molecule has 0 saturated carbocycles. The highest BCUT2D eigenvalue weighted by Crippen LogP contribution is 2.25. The molecule has 0 aliphatic rings. The van der Waals surface area contributed by atoms with Gasteiger partial charge in [0.2, 0.25) is 12.2 Å². The number of rotatable bonds is 4. The number of hydrogen-bond donors (Lipinski definition) is 0. The summed E-state index contributed by atoms with van der Waals surface area (Å²) in [5.41, 5.74) is 2.40. The first-order valence-electron chi connectivity index (χ1n) is 4.54. The predicted octanol–water partition coefficient (Wildman–Crippen LogP) is 2.32. The zero-order chi connectivity index (χ0) is 12.0. The molecule has 0 heterocycles. The molecule has 1 rings (SSSR count). The molecule has 0 aliphatic carbocycles. The van der Waals surface area contributed by atoms with Crippen LogP contribution in [0.5, 0.6) is 0 Å². The number of benzene rings is 1. The normalized spacial score (nSPS) is 9.12. The van der Waals surface area contributed by atoms with E-state index < -0.39 is 0 Å². The van der Waals surface area contributed by atoms with Gasteiger partial charge in [-0.05, 0) is 23.6 Å². The molecule has 1 aromatic carbocycles. The van der Waals surface area contributed by atoms with Crippen LogP contribution in [0, 0.1) is 6.92 Å². The summed E-state index contributed by atoms with van der Waals surface area (Å²) in [4.78, 5) is 27.0. The van der Waals surface area contributed by atoms with Crippen molar-refractivity contribution in [3.63, 3.8) is 0 Å². The lowest BCUT2D eigenvalue weighted by atomic mass is 10.0. The van der Waals surface area contributed by atoms with Crippen LogP contribution < -0.4 is 0 Å². The summed E-state index contributed by atoms with van der Waals surface area (Å²) in [5.74, 6) is 0. The number of hydrogen-bond acceptors (Lipinski definition) is 4. The molecule has 0 radical (unpaired) electrons. The predicted molar refractivity (Wildman–Crippen MR) is 59.8 cm³/mol. The second kappa shape index (κ2) is 5.99. The zero-order valence-corrected chi connectivity index (χ0v) is 9.41. The fraction of sp³-hybridized carbons (Fsp3) is 0.273. The minimum absolute atomic E-state index is 0.181. The van der Waals surface area contributed by atoms with Crippen LogP contribution in [0.3, 0.4) is 0 Å². The molecule has 4 nitrogen and oxygen atoms in total. The Morgan fingerprint density at radius 2 is 1.81 bits per heavy atom. The average Bonchev–Trinajstić information content (AvgIpc) is 2.28. The van der Waals surface area contributed by atoms with E-state index in [0.717, 1.165) is 11.1 Å². The summed E-state index contributed by atoms with van der Waals surface area (Å²) in [6.45, 7) is 2.24. The second-order valence-corrected chi connectivity index (χ2v) is 3.53. The lowest BCUT2D eigenvalue weighted by Crippen LogP contribution is -1.94. The van der Waals surface area contributed by atoms with Gasteiger partial charge in [-0.3, -0.25) is 0 Å². The van der Waals surface area contributed by atoms with Crippen molar-refractivity contribution in [1.29, 1.82) is 0 Å².